The van der Waals surface area contributed by atoms with Gasteiger partial charge in [0.15, 0.2) is 0 Å². The minimum Gasteiger partial charge on any atom is -0.493 e. The van der Waals surface area contributed by atoms with Crippen molar-refractivity contribution in [2.45, 2.75) is 19.8 Å². The average molecular weight is 244 g/mol. The number of aryl methyl sites for hydroxylation is 1. The van der Waals surface area contributed by atoms with Gasteiger partial charge in [-0.05, 0) is 36.2 Å². The first-order chi connectivity index (χ1) is 8.74. The van der Waals surface area contributed by atoms with Gasteiger partial charge in [0.2, 0.25) is 0 Å². The van der Waals surface area contributed by atoms with Crippen LogP contribution in [0.25, 0.3) is 0 Å². The van der Waals surface area contributed by atoms with Crippen LogP contribution in [0.3, 0.4) is 0 Å². The van der Waals surface area contributed by atoms with E-state index in [9.17, 15) is 4.79 Å². The van der Waals surface area contributed by atoms with Gasteiger partial charge in [0.05, 0.1) is 19.1 Å². The summed E-state index contributed by atoms with van der Waals surface area (Å²) >= 11 is 0. The maximum Gasteiger partial charge on any atom is 0.140 e. The first kappa shape index (κ1) is 12.4. The monoisotopic (exact) mass is 244 g/mol. The van der Waals surface area contributed by atoms with Crippen molar-refractivity contribution in [1.82, 2.24) is 0 Å². The van der Waals surface area contributed by atoms with Crippen LogP contribution in [0.5, 0.6) is 5.75 Å². The Morgan fingerprint density at radius 3 is 2.94 bits per heavy atom. The van der Waals surface area contributed by atoms with Gasteiger partial charge in [-0.1, -0.05) is 12.1 Å². The van der Waals surface area contributed by atoms with Crippen LogP contribution in [0.1, 0.15) is 17.5 Å². The van der Waals surface area contributed by atoms with E-state index in [2.05, 4.69) is 0 Å². The van der Waals surface area contributed by atoms with Gasteiger partial charge >= 0.3 is 0 Å². The van der Waals surface area contributed by atoms with Crippen LogP contribution < -0.4 is 4.74 Å². The highest BCUT2D eigenvalue weighted by molar-refractivity contribution is 5.80. The number of carbonyl (C=O) groups is 1. The van der Waals surface area contributed by atoms with Crippen molar-refractivity contribution in [3.8, 4) is 5.75 Å². The van der Waals surface area contributed by atoms with E-state index in [1.54, 1.807) is 18.6 Å². The fourth-order valence-electron chi connectivity index (χ4n) is 1.70. The predicted octanol–water partition coefficient (Wildman–Crippen LogP) is 3.17. The number of Topliss-reactive ketones (excluding diaryl/α,β-unsaturated/α-hetero) is 1. The molecule has 0 unspecified atom stereocenters. The van der Waals surface area contributed by atoms with Gasteiger partial charge in [-0.25, -0.2) is 0 Å². The highest BCUT2D eigenvalue weighted by Gasteiger charge is 2.05. The van der Waals surface area contributed by atoms with Crippen molar-refractivity contribution in [3.63, 3.8) is 0 Å². The molecule has 18 heavy (non-hydrogen) atoms. The molecule has 1 aromatic carbocycles. The molecule has 2 rings (SSSR count). The molecule has 94 valence electrons. The molecular weight excluding hydrogens is 228 g/mol. The van der Waals surface area contributed by atoms with Gasteiger partial charge in [-0.3, -0.25) is 4.79 Å². The van der Waals surface area contributed by atoms with Crippen molar-refractivity contribution < 1.29 is 13.9 Å². The molecule has 0 aliphatic carbocycles. The molecule has 1 heterocycles. The highest BCUT2D eigenvalue weighted by atomic mass is 16.5. The van der Waals surface area contributed by atoms with Gasteiger partial charge in [0, 0.05) is 12.8 Å². The van der Waals surface area contributed by atoms with E-state index < -0.39 is 0 Å². The fourth-order valence-corrected chi connectivity index (χ4v) is 1.70. The van der Waals surface area contributed by atoms with Crippen molar-refractivity contribution in [2.24, 2.45) is 0 Å². The summed E-state index contributed by atoms with van der Waals surface area (Å²) in [7, 11) is 0. The zero-order valence-electron chi connectivity index (χ0n) is 10.4. The quantitative estimate of drug-likeness (QED) is 0.783. The van der Waals surface area contributed by atoms with E-state index in [1.165, 1.54) is 0 Å². The molecule has 0 bridgehead atoms. The van der Waals surface area contributed by atoms with Gasteiger partial charge in [0.25, 0.3) is 0 Å². The fraction of sp³-hybridized carbons (Fsp3) is 0.267. The first-order valence-electron chi connectivity index (χ1n) is 5.96. The second-order valence-electron chi connectivity index (χ2n) is 4.26. The number of hydrogen-bond acceptors (Lipinski definition) is 3. The predicted molar refractivity (Wildman–Crippen MR) is 68.7 cm³/mol. The molecule has 0 amide bonds. The Balaban J connectivity index is 1.73. The van der Waals surface area contributed by atoms with Crippen LogP contribution >= 0.6 is 0 Å². The lowest BCUT2D eigenvalue weighted by molar-refractivity contribution is -0.118. The van der Waals surface area contributed by atoms with Crippen LogP contribution in [0.2, 0.25) is 0 Å². The molecule has 0 aliphatic heterocycles. The molecule has 0 aliphatic rings. The van der Waals surface area contributed by atoms with Crippen LogP contribution in [0.4, 0.5) is 0 Å². The molecule has 3 heteroatoms. The molecule has 1 aromatic heterocycles. The van der Waals surface area contributed by atoms with Gasteiger partial charge in [-0.15, -0.1) is 0 Å². The molecule has 2 aromatic rings. The third kappa shape index (κ3) is 3.77. The topological polar surface area (TPSA) is 39.4 Å². The number of ether oxygens (including phenoxy) is 1. The molecule has 3 nitrogen and oxygen atoms in total. The third-order valence-corrected chi connectivity index (χ3v) is 2.62. The van der Waals surface area contributed by atoms with E-state index in [0.717, 1.165) is 16.9 Å². The molecule has 0 fully saturated rings. The summed E-state index contributed by atoms with van der Waals surface area (Å²) in [6.07, 6.45) is 4.00. The normalized spacial score (nSPS) is 10.3. The van der Waals surface area contributed by atoms with E-state index in [4.69, 9.17) is 9.15 Å². The highest BCUT2D eigenvalue weighted by Crippen LogP contribution is 2.12. The number of carbonyl (C=O) groups excluding carboxylic acids is 1. The van der Waals surface area contributed by atoms with Crippen LogP contribution in [0, 0.1) is 6.92 Å². The SMILES string of the molecule is Cc1cccc(OCCC(=O)Cc2ccoc2)c1. The summed E-state index contributed by atoms with van der Waals surface area (Å²) in [5, 5.41) is 0. The van der Waals surface area contributed by atoms with Gasteiger partial charge in [0.1, 0.15) is 11.5 Å². The van der Waals surface area contributed by atoms with Gasteiger partial charge in [-0.2, -0.15) is 0 Å². The van der Waals surface area contributed by atoms with Crippen molar-refractivity contribution in [2.75, 3.05) is 6.61 Å². The number of ketones is 1. The average Bonchev–Trinajstić information content (AvgIpc) is 2.82. The summed E-state index contributed by atoms with van der Waals surface area (Å²) < 4.78 is 10.5. The largest absolute Gasteiger partial charge is 0.493 e. The summed E-state index contributed by atoms with van der Waals surface area (Å²) in [6.45, 7) is 2.43. The lowest BCUT2D eigenvalue weighted by Crippen LogP contribution is -2.08. The Kier molecular flexibility index (Phi) is 4.18. The number of benzene rings is 1. The van der Waals surface area contributed by atoms with E-state index >= 15 is 0 Å². The van der Waals surface area contributed by atoms with E-state index in [-0.39, 0.29) is 5.78 Å². The third-order valence-electron chi connectivity index (χ3n) is 2.62. The molecule has 0 N–H and O–H groups in total. The standard InChI is InChI=1S/C15H16O3/c1-12-3-2-4-15(9-12)18-8-6-14(16)10-13-5-7-17-11-13/h2-5,7,9,11H,6,8,10H2,1H3. The lowest BCUT2D eigenvalue weighted by Gasteiger charge is -2.05. The minimum absolute atomic E-state index is 0.157. The second kappa shape index (κ2) is 6.05. The Hall–Kier alpha value is -2.03. The van der Waals surface area contributed by atoms with E-state index in [0.29, 0.717) is 19.4 Å². The van der Waals surface area contributed by atoms with Crippen molar-refractivity contribution in [3.05, 3.63) is 54.0 Å². The summed E-state index contributed by atoms with van der Waals surface area (Å²) in [4.78, 5) is 11.6. The Morgan fingerprint density at radius 2 is 2.22 bits per heavy atom. The summed E-state index contributed by atoms with van der Waals surface area (Å²) in [5.41, 5.74) is 2.06. The van der Waals surface area contributed by atoms with E-state index in [1.807, 2.05) is 31.2 Å². The Bertz CT molecular complexity index is 500. The van der Waals surface area contributed by atoms with Crippen LogP contribution in [-0.4, -0.2) is 12.4 Å². The second-order valence-corrected chi connectivity index (χ2v) is 4.26. The molecule has 0 saturated heterocycles. The number of hydrogen-bond donors (Lipinski definition) is 0. The molecule has 0 radical (unpaired) electrons. The van der Waals surface area contributed by atoms with Gasteiger partial charge < -0.3 is 9.15 Å². The number of furan rings is 1. The Morgan fingerprint density at radius 1 is 1.33 bits per heavy atom. The van der Waals surface area contributed by atoms with Crippen molar-refractivity contribution in [1.29, 1.82) is 0 Å². The maximum absolute atomic E-state index is 11.6. The van der Waals surface area contributed by atoms with Crippen molar-refractivity contribution >= 4 is 5.78 Å². The van der Waals surface area contributed by atoms with Crippen LogP contribution in [0.15, 0.2) is 47.3 Å². The lowest BCUT2D eigenvalue weighted by atomic mass is 10.1. The molecule has 0 saturated carbocycles. The minimum atomic E-state index is 0.157. The molecular formula is C15H16O3. The molecule has 0 atom stereocenters. The van der Waals surface area contributed by atoms with Crippen LogP contribution in [-0.2, 0) is 11.2 Å². The summed E-state index contributed by atoms with van der Waals surface area (Å²) in [6, 6.07) is 9.61. The smallest absolute Gasteiger partial charge is 0.140 e. The number of rotatable bonds is 6. The zero-order chi connectivity index (χ0) is 12.8. The first-order valence-corrected chi connectivity index (χ1v) is 5.96. The zero-order valence-corrected chi connectivity index (χ0v) is 10.4. The maximum atomic E-state index is 11.6. The Labute approximate surface area is 106 Å². The summed E-state index contributed by atoms with van der Waals surface area (Å²) in [5.74, 6) is 0.968. The molecule has 0 spiro atoms.